The van der Waals surface area contributed by atoms with Gasteiger partial charge < -0.3 is 10.2 Å². The molecule has 0 saturated heterocycles. The molecule has 0 spiro atoms. The minimum atomic E-state index is -0.836. The topological polar surface area (TPSA) is 40.5 Å². The van der Waals surface area contributed by atoms with Gasteiger partial charge in [0.25, 0.3) is 0 Å². The molecular weight excluding hydrogens is 256 g/mol. The Balaban J connectivity index is 2.16. The molecule has 19 heavy (non-hydrogen) atoms. The molecule has 2 N–H and O–H groups in total. The van der Waals surface area contributed by atoms with E-state index >= 15 is 0 Å². The largest absolute Gasteiger partial charge is 0.386 e. The first-order valence-corrected chi connectivity index (χ1v) is 7.06. The molecule has 0 unspecified atom stereocenters. The van der Waals surface area contributed by atoms with Crippen LogP contribution in [0.3, 0.4) is 0 Å². The van der Waals surface area contributed by atoms with E-state index in [2.05, 4.69) is 18.2 Å². The van der Waals surface area contributed by atoms with Gasteiger partial charge in [0.2, 0.25) is 0 Å². The Morgan fingerprint density at radius 3 is 2.68 bits per heavy atom. The van der Waals surface area contributed by atoms with Crippen LogP contribution < -0.4 is 0 Å². The molecule has 1 aliphatic rings. The van der Waals surface area contributed by atoms with Crippen LogP contribution in [0.5, 0.6) is 0 Å². The molecule has 3 heteroatoms. The summed E-state index contributed by atoms with van der Waals surface area (Å²) in [6.07, 6.45) is 1.88. The van der Waals surface area contributed by atoms with Gasteiger partial charge in [0.1, 0.15) is 12.2 Å². The maximum absolute atomic E-state index is 10.3. The van der Waals surface area contributed by atoms with Gasteiger partial charge in [0.15, 0.2) is 0 Å². The van der Waals surface area contributed by atoms with Crippen molar-refractivity contribution in [1.29, 1.82) is 0 Å². The average Bonchev–Trinajstić information content (AvgIpc) is 2.81. The smallest absolute Gasteiger partial charge is 0.110 e. The van der Waals surface area contributed by atoms with E-state index in [0.29, 0.717) is 0 Å². The molecule has 0 bridgehead atoms. The molecule has 2 atom stereocenters. The second kappa shape index (κ2) is 3.90. The lowest BCUT2D eigenvalue weighted by molar-refractivity contribution is 0.0481. The summed E-state index contributed by atoms with van der Waals surface area (Å²) < 4.78 is 2.29. The van der Waals surface area contributed by atoms with Crippen molar-refractivity contribution >= 4 is 37.6 Å². The molecule has 0 saturated carbocycles. The van der Waals surface area contributed by atoms with Gasteiger partial charge in [-0.2, -0.15) is 0 Å². The molecule has 3 aromatic rings. The molecule has 0 radical (unpaired) electrons. The van der Waals surface area contributed by atoms with Gasteiger partial charge in [-0.1, -0.05) is 42.5 Å². The first-order valence-electron chi connectivity index (χ1n) is 6.24. The van der Waals surface area contributed by atoms with Crippen molar-refractivity contribution in [3.05, 3.63) is 53.6 Å². The van der Waals surface area contributed by atoms with Crippen molar-refractivity contribution in [2.75, 3.05) is 0 Å². The van der Waals surface area contributed by atoms with Gasteiger partial charge in [0, 0.05) is 25.7 Å². The first kappa shape index (κ1) is 11.2. The standard InChI is InChI=1S/C16H12O2S/c17-12-8-6-9-5-7-11-10-3-1-2-4-13(10)19-16(11)14(9)15(12)18/h1-8,12,15,17-18H/t12-,15-/m0/s1. The summed E-state index contributed by atoms with van der Waals surface area (Å²) in [5, 5.41) is 22.4. The van der Waals surface area contributed by atoms with E-state index < -0.39 is 12.2 Å². The molecule has 2 aromatic carbocycles. The Morgan fingerprint density at radius 2 is 1.79 bits per heavy atom. The van der Waals surface area contributed by atoms with Crippen molar-refractivity contribution in [2.24, 2.45) is 0 Å². The minimum absolute atomic E-state index is 0.816. The number of hydrogen-bond acceptors (Lipinski definition) is 3. The van der Waals surface area contributed by atoms with E-state index in [1.165, 1.54) is 10.1 Å². The third kappa shape index (κ3) is 1.49. The summed E-state index contributed by atoms with van der Waals surface area (Å²) in [5.41, 5.74) is 1.85. The van der Waals surface area contributed by atoms with Crippen LogP contribution >= 0.6 is 11.3 Å². The fourth-order valence-electron chi connectivity index (χ4n) is 2.75. The highest BCUT2D eigenvalue weighted by molar-refractivity contribution is 7.26. The average molecular weight is 268 g/mol. The van der Waals surface area contributed by atoms with E-state index in [1.54, 1.807) is 17.4 Å². The molecule has 1 aromatic heterocycles. The maximum atomic E-state index is 10.3. The first-order chi connectivity index (χ1) is 9.25. The van der Waals surface area contributed by atoms with Crippen molar-refractivity contribution in [3.63, 3.8) is 0 Å². The number of hydrogen-bond donors (Lipinski definition) is 2. The van der Waals surface area contributed by atoms with Crippen molar-refractivity contribution < 1.29 is 10.2 Å². The van der Waals surface area contributed by atoms with Crippen LogP contribution in [0.2, 0.25) is 0 Å². The maximum Gasteiger partial charge on any atom is 0.110 e. The van der Waals surface area contributed by atoms with Crippen molar-refractivity contribution in [3.8, 4) is 0 Å². The summed E-state index contributed by atoms with van der Waals surface area (Å²) in [5.74, 6) is 0. The Hall–Kier alpha value is -1.68. The third-order valence-corrected chi connectivity index (χ3v) is 4.93. The van der Waals surface area contributed by atoms with E-state index in [9.17, 15) is 10.2 Å². The molecule has 4 rings (SSSR count). The van der Waals surface area contributed by atoms with Crippen LogP contribution in [0.1, 0.15) is 17.2 Å². The number of fused-ring (bicyclic) bond motifs is 5. The highest BCUT2D eigenvalue weighted by Crippen LogP contribution is 2.41. The highest BCUT2D eigenvalue weighted by Gasteiger charge is 2.25. The number of rotatable bonds is 0. The van der Waals surface area contributed by atoms with Crippen LogP contribution in [0.25, 0.3) is 26.2 Å². The van der Waals surface area contributed by atoms with Crippen LogP contribution in [-0.2, 0) is 0 Å². The predicted molar refractivity (Wildman–Crippen MR) is 79.3 cm³/mol. The fraction of sp³-hybridized carbons (Fsp3) is 0.125. The monoisotopic (exact) mass is 268 g/mol. The zero-order valence-electron chi connectivity index (χ0n) is 10.1. The second-order valence-electron chi connectivity index (χ2n) is 4.84. The minimum Gasteiger partial charge on any atom is -0.386 e. The quantitative estimate of drug-likeness (QED) is 0.655. The van der Waals surface area contributed by atoms with Crippen LogP contribution in [0.15, 0.2) is 42.5 Å². The number of aliphatic hydroxyl groups excluding tert-OH is 2. The number of benzene rings is 2. The van der Waals surface area contributed by atoms with Gasteiger partial charge in [-0.3, -0.25) is 0 Å². The number of aliphatic hydroxyl groups is 2. The van der Waals surface area contributed by atoms with Crippen LogP contribution in [0, 0.1) is 0 Å². The second-order valence-corrected chi connectivity index (χ2v) is 5.89. The Bertz CT molecular complexity index is 816. The lowest BCUT2D eigenvalue weighted by Crippen LogP contribution is -2.19. The van der Waals surface area contributed by atoms with Gasteiger partial charge in [-0.05, 0) is 11.6 Å². The van der Waals surface area contributed by atoms with Crippen molar-refractivity contribution in [1.82, 2.24) is 0 Å². The molecule has 1 heterocycles. The highest BCUT2D eigenvalue weighted by atomic mass is 32.1. The molecule has 0 fully saturated rings. The van der Waals surface area contributed by atoms with E-state index in [4.69, 9.17) is 0 Å². The predicted octanol–water partition coefficient (Wildman–Crippen LogP) is 3.48. The normalized spacial score (nSPS) is 22.0. The molecule has 0 aliphatic heterocycles. The zero-order valence-corrected chi connectivity index (χ0v) is 10.9. The Kier molecular flexibility index (Phi) is 2.30. The van der Waals surface area contributed by atoms with Gasteiger partial charge in [-0.15, -0.1) is 11.3 Å². The number of thiophene rings is 1. The molecular formula is C16H12O2S. The third-order valence-electron chi connectivity index (χ3n) is 3.71. The molecule has 2 nitrogen and oxygen atoms in total. The van der Waals surface area contributed by atoms with Crippen molar-refractivity contribution in [2.45, 2.75) is 12.2 Å². The van der Waals surface area contributed by atoms with Crippen LogP contribution in [0.4, 0.5) is 0 Å². The van der Waals surface area contributed by atoms with E-state index in [0.717, 1.165) is 21.2 Å². The summed E-state index contributed by atoms with van der Waals surface area (Å²) in [6, 6.07) is 12.4. The van der Waals surface area contributed by atoms with Gasteiger partial charge >= 0.3 is 0 Å². The molecule has 1 aliphatic carbocycles. The lowest BCUT2D eigenvalue weighted by Gasteiger charge is -2.22. The van der Waals surface area contributed by atoms with E-state index in [1.807, 2.05) is 24.3 Å². The Labute approximate surface area is 114 Å². The van der Waals surface area contributed by atoms with E-state index in [-0.39, 0.29) is 0 Å². The molecule has 0 amide bonds. The van der Waals surface area contributed by atoms with Gasteiger partial charge in [-0.25, -0.2) is 0 Å². The Morgan fingerprint density at radius 1 is 0.947 bits per heavy atom. The fourth-order valence-corrected chi connectivity index (χ4v) is 4.04. The van der Waals surface area contributed by atoms with Crippen LogP contribution in [-0.4, -0.2) is 16.3 Å². The summed E-state index contributed by atoms with van der Waals surface area (Å²) in [7, 11) is 0. The zero-order chi connectivity index (χ0) is 13.0. The van der Waals surface area contributed by atoms with Gasteiger partial charge in [0.05, 0.1) is 0 Å². The summed E-state index contributed by atoms with van der Waals surface area (Å²) >= 11 is 1.68. The molecule has 94 valence electrons. The lowest BCUT2D eigenvalue weighted by atomic mass is 9.91. The summed E-state index contributed by atoms with van der Waals surface area (Å²) in [4.78, 5) is 0. The summed E-state index contributed by atoms with van der Waals surface area (Å²) in [6.45, 7) is 0. The SMILES string of the molecule is O[C@@H]1c2c(ccc3c2sc2ccccc23)C=C[C@@H]1O.